The Kier molecular flexibility index (Phi) is 4.99. The summed E-state index contributed by atoms with van der Waals surface area (Å²) < 4.78 is 20.1. The van der Waals surface area contributed by atoms with E-state index in [0.29, 0.717) is 22.9 Å². The number of non-ortho nitro benzene ring substituents is 1. The molecular weight excluding hydrogens is 358 g/mol. The first kappa shape index (κ1) is 17.6. The molecule has 26 heavy (non-hydrogen) atoms. The number of nitrogens with zero attached hydrogens (tertiary/aromatic N) is 3. The molecule has 0 aliphatic rings. The maximum Gasteiger partial charge on any atom is 0.269 e. The third-order valence-corrected chi connectivity index (χ3v) is 4.54. The number of aromatic nitrogens is 2. The fourth-order valence-corrected chi connectivity index (χ4v) is 3.19. The zero-order chi connectivity index (χ0) is 18.7. The van der Waals surface area contributed by atoms with Crippen molar-refractivity contribution in [3.05, 3.63) is 46.5 Å². The highest BCUT2D eigenvalue weighted by Gasteiger charge is 2.19. The summed E-state index contributed by atoms with van der Waals surface area (Å²) in [6.07, 6.45) is 0. The number of nitro groups is 1. The van der Waals surface area contributed by atoms with E-state index in [0.717, 1.165) is 16.0 Å². The van der Waals surface area contributed by atoms with Gasteiger partial charge in [-0.05, 0) is 35.8 Å². The van der Waals surface area contributed by atoms with Crippen molar-refractivity contribution in [3.8, 4) is 38.9 Å². The van der Waals surface area contributed by atoms with Gasteiger partial charge < -0.3 is 14.2 Å². The maximum atomic E-state index is 10.8. The first-order valence-corrected chi connectivity index (χ1v) is 8.24. The second-order valence-electron chi connectivity index (χ2n) is 5.17. The maximum absolute atomic E-state index is 10.8. The van der Waals surface area contributed by atoms with E-state index >= 15 is 0 Å². The monoisotopic (exact) mass is 373 g/mol. The van der Waals surface area contributed by atoms with Crippen LogP contribution in [-0.4, -0.2) is 35.8 Å². The van der Waals surface area contributed by atoms with Crippen LogP contribution in [0, 0.1) is 10.1 Å². The van der Waals surface area contributed by atoms with Crippen molar-refractivity contribution < 1.29 is 19.1 Å². The van der Waals surface area contributed by atoms with Crippen LogP contribution >= 0.6 is 11.5 Å². The lowest BCUT2D eigenvalue weighted by molar-refractivity contribution is -0.384. The molecule has 0 N–H and O–H groups in total. The van der Waals surface area contributed by atoms with Crippen LogP contribution in [0.1, 0.15) is 0 Å². The third-order valence-electron chi connectivity index (χ3n) is 3.77. The van der Waals surface area contributed by atoms with Crippen LogP contribution in [0.15, 0.2) is 36.4 Å². The van der Waals surface area contributed by atoms with Gasteiger partial charge in [-0.15, -0.1) is 5.10 Å². The Morgan fingerprint density at radius 1 is 0.962 bits per heavy atom. The standard InChI is InChI=1S/C17H15N3O5S/c1-23-13-8-11(9-14(24-2)16(13)25-3)17-15(18-19-26-17)10-4-6-12(7-5-10)20(21)22/h4-9H,1-3H3. The van der Waals surface area contributed by atoms with Crippen molar-refractivity contribution in [1.82, 2.24) is 9.59 Å². The highest BCUT2D eigenvalue weighted by atomic mass is 32.1. The summed E-state index contributed by atoms with van der Waals surface area (Å²) in [6.45, 7) is 0. The topological polar surface area (TPSA) is 96.6 Å². The molecule has 0 fully saturated rings. The van der Waals surface area contributed by atoms with Crippen LogP contribution < -0.4 is 14.2 Å². The zero-order valence-corrected chi connectivity index (χ0v) is 15.1. The van der Waals surface area contributed by atoms with E-state index in [9.17, 15) is 10.1 Å². The Hall–Kier alpha value is -3.20. The second-order valence-corrected chi connectivity index (χ2v) is 5.92. The van der Waals surface area contributed by atoms with Crippen molar-refractivity contribution in [1.29, 1.82) is 0 Å². The molecule has 0 bridgehead atoms. The summed E-state index contributed by atoms with van der Waals surface area (Å²) in [5.41, 5.74) is 2.17. The minimum Gasteiger partial charge on any atom is -0.493 e. The molecule has 1 heterocycles. The van der Waals surface area contributed by atoms with Crippen LogP contribution in [0.2, 0.25) is 0 Å². The molecule has 1 aromatic heterocycles. The molecule has 0 saturated heterocycles. The second kappa shape index (κ2) is 7.36. The van der Waals surface area contributed by atoms with Gasteiger partial charge in [0.2, 0.25) is 5.75 Å². The van der Waals surface area contributed by atoms with E-state index in [1.165, 1.54) is 30.8 Å². The zero-order valence-electron chi connectivity index (χ0n) is 14.3. The molecule has 3 aromatic rings. The van der Waals surface area contributed by atoms with Gasteiger partial charge in [0.1, 0.15) is 5.69 Å². The molecule has 0 atom stereocenters. The predicted octanol–water partition coefficient (Wildman–Crippen LogP) is 3.81. The third kappa shape index (κ3) is 3.16. The molecule has 0 spiro atoms. The van der Waals surface area contributed by atoms with E-state index in [1.807, 2.05) is 12.1 Å². The lowest BCUT2D eigenvalue weighted by atomic mass is 10.1. The number of nitro benzene ring substituents is 1. The molecule has 2 aromatic carbocycles. The fourth-order valence-electron chi connectivity index (χ4n) is 2.52. The first-order valence-electron chi connectivity index (χ1n) is 7.46. The Labute approximate surface area is 153 Å². The molecule has 0 aliphatic carbocycles. The van der Waals surface area contributed by atoms with Gasteiger partial charge in [-0.1, -0.05) is 4.49 Å². The Morgan fingerprint density at radius 2 is 1.58 bits per heavy atom. The van der Waals surface area contributed by atoms with Crippen molar-refractivity contribution in [2.24, 2.45) is 0 Å². The Bertz CT molecular complexity index is 915. The molecule has 0 amide bonds. The summed E-state index contributed by atoms with van der Waals surface area (Å²) >= 11 is 1.21. The Morgan fingerprint density at radius 3 is 2.08 bits per heavy atom. The van der Waals surface area contributed by atoms with E-state index in [-0.39, 0.29) is 5.69 Å². The molecular formula is C17H15N3O5S. The summed E-state index contributed by atoms with van der Waals surface area (Å²) in [4.78, 5) is 11.2. The van der Waals surface area contributed by atoms with Crippen LogP contribution in [0.5, 0.6) is 17.2 Å². The van der Waals surface area contributed by atoms with E-state index in [2.05, 4.69) is 9.59 Å². The smallest absolute Gasteiger partial charge is 0.269 e. The quantitative estimate of drug-likeness (QED) is 0.479. The molecule has 0 radical (unpaired) electrons. The summed E-state index contributed by atoms with van der Waals surface area (Å²) in [5.74, 6) is 1.53. The van der Waals surface area contributed by atoms with Gasteiger partial charge in [0, 0.05) is 23.3 Å². The van der Waals surface area contributed by atoms with Crippen LogP contribution in [-0.2, 0) is 0 Å². The lowest BCUT2D eigenvalue weighted by Crippen LogP contribution is -1.95. The van der Waals surface area contributed by atoms with Gasteiger partial charge in [0.05, 0.1) is 31.1 Å². The molecule has 134 valence electrons. The lowest BCUT2D eigenvalue weighted by Gasteiger charge is -2.13. The van der Waals surface area contributed by atoms with Crippen molar-refractivity contribution in [2.45, 2.75) is 0 Å². The number of hydrogen-bond acceptors (Lipinski definition) is 8. The van der Waals surface area contributed by atoms with Crippen molar-refractivity contribution in [3.63, 3.8) is 0 Å². The highest BCUT2D eigenvalue weighted by Crippen LogP contribution is 2.43. The normalized spacial score (nSPS) is 10.4. The molecule has 0 unspecified atom stereocenters. The van der Waals surface area contributed by atoms with Gasteiger partial charge in [-0.2, -0.15) is 0 Å². The average molecular weight is 373 g/mol. The minimum atomic E-state index is -0.441. The van der Waals surface area contributed by atoms with Crippen LogP contribution in [0.4, 0.5) is 5.69 Å². The number of methoxy groups -OCH3 is 3. The van der Waals surface area contributed by atoms with Crippen molar-refractivity contribution in [2.75, 3.05) is 21.3 Å². The molecule has 0 aliphatic heterocycles. The van der Waals surface area contributed by atoms with E-state index < -0.39 is 4.92 Å². The predicted molar refractivity (Wildman–Crippen MR) is 97.1 cm³/mol. The molecule has 9 heteroatoms. The van der Waals surface area contributed by atoms with Gasteiger partial charge >= 0.3 is 0 Å². The first-order chi connectivity index (χ1) is 12.6. The van der Waals surface area contributed by atoms with E-state index in [4.69, 9.17) is 14.2 Å². The number of rotatable bonds is 6. The summed E-state index contributed by atoms with van der Waals surface area (Å²) in [6, 6.07) is 9.80. The largest absolute Gasteiger partial charge is 0.493 e. The highest BCUT2D eigenvalue weighted by molar-refractivity contribution is 7.09. The van der Waals surface area contributed by atoms with Gasteiger partial charge in [0.25, 0.3) is 5.69 Å². The van der Waals surface area contributed by atoms with E-state index in [1.54, 1.807) is 26.4 Å². The molecule has 0 saturated carbocycles. The molecule has 3 rings (SSSR count). The summed E-state index contributed by atoms with van der Waals surface area (Å²) in [5, 5.41) is 15.0. The summed E-state index contributed by atoms with van der Waals surface area (Å²) in [7, 11) is 4.63. The number of ether oxygens (including phenoxy) is 3. The minimum absolute atomic E-state index is 0.0197. The number of benzene rings is 2. The average Bonchev–Trinajstić information content (AvgIpc) is 3.16. The number of hydrogen-bond donors (Lipinski definition) is 0. The molecule has 8 nitrogen and oxygen atoms in total. The van der Waals surface area contributed by atoms with Crippen LogP contribution in [0.3, 0.4) is 0 Å². The Balaban J connectivity index is 2.09. The fraction of sp³-hybridized carbons (Fsp3) is 0.176. The van der Waals surface area contributed by atoms with Crippen molar-refractivity contribution >= 4 is 17.2 Å². The van der Waals surface area contributed by atoms with Gasteiger partial charge in [0.15, 0.2) is 11.5 Å². The van der Waals surface area contributed by atoms with Crippen LogP contribution in [0.25, 0.3) is 21.7 Å². The SMILES string of the molecule is COc1cc(-c2snnc2-c2ccc([N+](=O)[O-])cc2)cc(OC)c1OC. The van der Waals surface area contributed by atoms with Gasteiger partial charge in [-0.3, -0.25) is 10.1 Å². The van der Waals surface area contributed by atoms with Gasteiger partial charge in [-0.25, -0.2) is 0 Å².